The van der Waals surface area contributed by atoms with Gasteiger partial charge in [0.15, 0.2) is 11.8 Å². The Labute approximate surface area is 471 Å². The number of nitrogens with one attached hydrogen (secondary N) is 5. The standard InChI is InChI=1S/C53H61N15O15/c1-6-31-44(82-26(3)59-31)50(78)64-52-62-34-20-28(46(55)74)22-36(80-5)42(34)66(52)17-8-9-18-67-43-35(63-53(67)65-51(79)45-32(7-2)60-27(4)83-45)21-29(47(56)75)23-37(43)81-19-11-16-57-49(77)33(12-10-13-41(72)73)61-48(76)30(54)24-58-38(69)25-68-39(70)14-15-40(68)71/h8-9,14-15,20-23,30,33H,6-7,10-13,16-19,24-25,54H2,1-5H3,(H2,55,74)(H2,56,75)(H,57,77)(H,58,69)(H,61,76)(H,72,73)(H,62,64,78)(H,63,65,79)/b9-8+/t30-,33-/m1/s1. The Bertz CT molecular complexity index is 3590. The molecule has 0 unspecified atom stereocenters. The molecule has 0 bridgehead atoms. The van der Waals surface area contributed by atoms with Crippen molar-refractivity contribution in [3.63, 3.8) is 0 Å². The summed E-state index contributed by atoms with van der Waals surface area (Å²) < 4.78 is 26.5. The van der Waals surface area contributed by atoms with Crippen LogP contribution in [0.4, 0.5) is 11.9 Å². The third kappa shape index (κ3) is 14.6. The zero-order chi connectivity index (χ0) is 60.2. The summed E-state index contributed by atoms with van der Waals surface area (Å²) in [4.78, 5) is 145. The lowest BCUT2D eigenvalue weighted by atomic mass is 10.1. The van der Waals surface area contributed by atoms with Crippen molar-refractivity contribution in [2.24, 2.45) is 17.2 Å². The van der Waals surface area contributed by atoms with E-state index < -0.39 is 84.3 Å². The van der Waals surface area contributed by atoms with Crippen molar-refractivity contribution in [1.82, 2.24) is 49.9 Å². The van der Waals surface area contributed by atoms with Gasteiger partial charge < -0.3 is 65.7 Å². The van der Waals surface area contributed by atoms with Gasteiger partial charge in [0.05, 0.1) is 36.1 Å². The van der Waals surface area contributed by atoms with E-state index in [1.54, 1.807) is 42.1 Å². The third-order valence-corrected chi connectivity index (χ3v) is 12.7. The number of carbonyl (C=O) groups is 10. The van der Waals surface area contributed by atoms with Gasteiger partial charge in [-0.05, 0) is 56.4 Å². The first-order valence-corrected chi connectivity index (χ1v) is 26.0. The number of methoxy groups -OCH3 is 1. The topological polar surface area (TPSA) is 439 Å². The van der Waals surface area contributed by atoms with Crippen LogP contribution >= 0.6 is 0 Å². The first-order chi connectivity index (χ1) is 39.6. The number of aromatic nitrogens is 6. The second-order valence-electron chi connectivity index (χ2n) is 18.7. The minimum atomic E-state index is -1.39. The van der Waals surface area contributed by atoms with E-state index in [1.165, 1.54) is 31.4 Å². The molecular formula is C53H61N15O15. The summed E-state index contributed by atoms with van der Waals surface area (Å²) in [6, 6.07) is 3.03. The fraction of sp³-hybridized carbons (Fsp3) is 0.358. The molecule has 0 radical (unpaired) electrons. The number of primary amides is 2. The number of carboxylic acids is 1. The van der Waals surface area contributed by atoms with Crippen LogP contribution in [0.1, 0.15) is 105 Å². The molecule has 1 aliphatic rings. The second-order valence-corrected chi connectivity index (χ2v) is 18.7. The number of carbonyl (C=O) groups excluding carboxylic acids is 9. The molecule has 12 N–H and O–H groups in total. The van der Waals surface area contributed by atoms with Gasteiger partial charge in [-0.25, -0.2) is 19.9 Å². The summed E-state index contributed by atoms with van der Waals surface area (Å²) in [6.07, 6.45) is 5.87. The highest BCUT2D eigenvalue weighted by molar-refractivity contribution is 6.14. The van der Waals surface area contributed by atoms with E-state index in [9.17, 15) is 53.1 Å². The van der Waals surface area contributed by atoms with E-state index in [-0.39, 0.29) is 126 Å². The van der Waals surface area contributed by atoms with Crippen LogP contribution in [0.2, 0.25) is 0 Å². The number of carboxylic acid groups (broad SMARTS) is 1. The molecule has 4 aromatic heterocycles. The molecule has 9 amide bonds. The summed E-state index contributed by atoms with van der Waals surface area (Å²) in [5.74, 6) is -6.98. The Morgan fingerprint density at radius 2 is 1.24 bits per heavy atom. The number of rotatable bonds is 29. The summed E-state index contributed by atoms with van der Waals surface area (Å²) in [7, 11) is 1.39. The maximum Gasteiger partial charge on any atom is 0.303 e. The number of oxazole rings is 2. The number of aliphatic carboxylic acids is 1. The lowest BCUT2D eigenvalue weighted by molar-refractivity contribution is -0.141. The maximum absolute atomic E-state index is 13.9. The van der Waals surface area contributed by atoms with Crippen molar-refractivity contribution < 1.29 is 71.4 Å². The van der Waals surface area contributed by atoms with Gasteiger partial charge in [-0.2, -0.15) is 0 Å². The van der Waals surface area contributed by atoms with Gasteiger partial charge in [0.1, 0.15) is 41.2 Å². The van der Waals surface area contributed by atoms with E-state index in [0.717, 1.165) is 12.2 Å². The fourth-order valence-corrected chi connectivity index (χ4v) is 8.70. The van der Waals surface area contributed by atoms with Crippen LogP contribution in [-0.4, -0.2) is 144 Å². The molecule has 438 valence electrons. The van der Waals surface area contributed by atoms with Crippen molar-refractivity contribution in [2.75, 3.05) is 44.0 Å². The van der Waals surface area contributed by atoms with Crippen molar-refractivity contribution in [3.8, 4) is 11.5 Å². The molecule has 0 saturated heterocycles. The van der Waals surface area contributed by atoms with E-state index >= 15 is 0 Å². The molecule has 0 fully saturated rings. The summed E-state index contributed by atoms with van der Waals surface area (Å²) >= 11 is 0. The van der Waals surface area contributed by atoms with Gasteiger partial charge in [-0.15, -0.1) is 0 Å². The Kier molecular flexibility index (Phi) is 19.5. The first kappa shape index (κ1) is 60.4. The zero-order valence-electron chi connectivity index (χ0n) is 45.8. The molecule has 5 heterocycles. The van der Waals surface area contributed by atoms with Crippen molar-refractivity contribution in [1.29, 1.82) is 0 Å². The third-order valence-electron chi connectivity index (χ3n) is 12.7. The molecule has 30 heteroatoms. The highest BCUT2D eigenvalue weighted by atomic mass is 16.5. The Hall–Kier alpha value is -10.3. The van der Waals surface area contributed by atoms with E-state index in [0.29, 0.717) is 34.6 Å². The summed E-state index contributed by atoms with van der Waals surface area (Å²) in [5.41, 5.74) is 19.4. The summed E-state index contributed by atoms with van der Waals surface area (Å²) in [5, 5.41) is 22.4. The number of imidazole rings is 2. The molecular weight excluding hydrogens is 1090 g/mol. The number of anilines is 2. The molecule has 0 aliphatic carbocycles. The normalized spacial score (nSPS) is 12.9. The number of ether oxygens (including phenoxy) is 2. The SMILES string of the molecule is CCc1nc(C)oc1C(=O)Nc1nc2cc(C(N)=O)cc(OC)c2n1C/C=C/Cn1c(NC(=O)c2oc(C)nc2CC)nc2cc(C(N)=O)cc(OCCCNC(=O)[C@@H](CCCC(=O)O)NC(=O)[C@H](N)CNC(=O)CN3C(=O)C=CC3=O)c21. The average molecular weight is 1150 g/mol. The van der Waals surface area contributed by atoms with Crippen LogP contribution in [0, 0.1) is 13.8 Å². The molecule has 1 aliphatic heterocycles. The van der Waals surface area contributed by atoms with Gasteiger partial charge in [0, 0.05) is 69.7 Å². The van der Waals surface area contributed by atoms with Gasteiger partial charge in [0.25, 0.3) is 23.6 Å². The number of nitrogens with two attached hydrogens (primary N) is 3. The Balaban J connectivity index is 1.12. The molecule has 0 spiro atoms. The second kappa shape index (κ2) is 26.8. The van der Waals surface area contributed by atoms with Crippen molar-refractivity contribution in [2.45, 2.75) is 91.4 Å². The number of hydrogen-bond acceptors (Lipinski definition) is 19. The van der Waals surface area contributed by atoms with Crippen LogP contribution < -0.4 is 53.3 Å². The molecule has 2 atom stereocenters. The van der Waals surface area contributed by atoms with Crippen LogP contribution in [0.5, 0.6) is 11.5 Å². The van der Waals surface area contributed by atoms with E-state index in [2.05, 4.69) is 46.5 Å². The number of benzene rings is 2. The van der Waals surface area contributed by atoms with Crippen LogP contribution in [0.3, 0.4) is 0 Å². The fourth-order valence-electron chi connectivity index (χ4n) is 8.70. The Morgan fingerprint density at radius 1 is 0.723 bits per heavy atom. The molecule has 2 aromatic carbocycles. The van der Waals surface area contributed by atoms with Gasteiger partial charge >= 0.3 is 5.97 Å². The largest absolute Gasteiger partial charge is 0.494 e. The van der Waals surface area contributed by atoms with Crippen LogP contribution in [-0.2, 0) is 54.7 Å². The van der Waals surface area contributed by atoms with Crippen molar-refractivity contribution >= 4 is 93.1 Å². The number of nitrogens with zero attached hydrogens (tertiary/aromatic N) is 7. The van der Waals surface area contributed by atoms with E-state index in [4.69, 9.17) is 35.5 Å². The molecule has 7 rings (SSSR count). The highest BCUT2D eigenvalue weighted by Gasteiger charge is 2.29. The number of aryl methyl sites for hydroxylation is 4. The van der Waals surface area contributed by atoms with Gasteiger partial charge in [-0.3, -0.25) is 63.5 Å². The highest BCUT2D eigenvalue weighted by Crippen LogP contribution is 2.33. The predicted octanol–water partition coefficient (Wildman–Crippen LogP) is 1.06. The van der Waals surface area contributed by atoms with Gasteiger partial charge in [0.2, 0.25) is 53.0 Å². The lowest BCUT2D eigenvalue weighted by Crippen LogP contribution is -2.55. The molecule has 0 saturated carbocycles. The monoisotopic (exact) mass is 1150 g/mol. The lowest BCUT2D eigenvalue weighted by Gasteiger charge is -2.21. The average Bonchev–Trinajstić information content (AvgIpc) is 3.76. The Morgan fingerprint density at radius 3 is 1.73 bits per heavy atom. The molecule has 6 aromatic rings. The number of hydrogen-bond donors (Lipinski definition) is 9. The number of allylic oxidation sites excluding steroid dienone is 2. The van der Waals surface area contributed by atoms with Crippen LogP contribution in [0.15, 0.2) is 57.4 Å². The smallest absolute Gasteiger partial charge is 0.303 e. The minimum absolute atomic E-state index is 0.00800. The van der Waals surface area contributed by atoms with Crippen molar-refractivity contribution in [3.05, 3.63) is 94.4 Å². The number of imide groups is 1. The summed E-state index contributed by atoms with van der Waals surface area (Å²) in [6.45, 7) is 5.59. The number of fused-ring (bicyclic) bond motifs is 2. The zero-order valence-corrected chi connectivity index (χ0v) is 45.8. The maximum atomic E-state index is 13.9. The minimum Gasteiger partial charge on any atom is -0.494 e. The molecule has 30 nitrogen and oxygen atoms in total. The predicted molar refractivity (Wildman–Crippen MR) is 293 cm³/mol. The van der Waals surface area contributed by atoms with Crippen LogP contribution in [0.25, 0.3) is 22.1 Å². The number of amides is 9. The van der Waals surface area contributed by atoms with Gasteiger partial charge in [-0.1, -0.05) is 26.0 Å². The molecule has 83 heavy (non-hydrogen) atoms. The first-order valence-electron chi connectivity index (χ1n) is 26.0. The quantitative estimate of drug-likeness (QED) is 0.0180. The van der Waals surface area contributed by atoms with E-state index in [1.807, 2.05) is 6.92 Å².